The van der Waals surface area contributed by atoms with Crippen molar-refractivity contribution in [2.24, 2.45) is 5.18 Å². The molecule has 9 heteroatoms. The summed E-state index contributed by atoms with van der Waals surface area (Å²) in [5.74, 6) is -2.65. The quantitative estimate of drug-likeness (QED) is 0.123. The van der Waals surface area contributed by atoms with Crippen LogP contribution in [0.2, 0.25) is 0 Å². The maximum absolute atomic E-state index is 13.5. The van der Waals surface area contributed by atoms with Crippen LogP contribution in [0.1, 0.15) is 38.8 Å². The van der Waals surface area contributed by atoms with E-state index in [-0.39, 0.29) is 47.8 Å². The minimum absolute atomic E-state index is 0.0181. The molecule has 0 aliphatic heterocycles. The first-order valence-electron chi connectivity index (χ1n) is 10.9. The summed E-state index contributed by atoms with van der Waals surface area (Å²) >= 11 is 0. The maximum atomic E-state index is 13.5. The molecule has 3 aromatic carbocycles. The fourth-order valence-electron chi connectivity index (χ4n) is 3.25. The number of nitroso groups, excluding NO2 is 1. The Bertz CT molecular complexity index is 1240. The van der Waals surface area contributed by atoms with Crippen LogP contribution < -0.4 is 4.74 Å². The van der Waals surface area contributed by atoms with Gasteiger partial charge in [0.1, 0.15) is 5.69 Å². The molecule has 0 aromatic heterocycles. The molecule has 0 heterocycles. The number of ketones is 1. The predicted octanol–water partition coefficient (Wildman–Crippen LogP) is 5.07. The summed E-state index contributed by atoms with van der Waals surface area (Å²) in [7, 11) is 0. The summed E-state index contributed by atoms with van der Waals surface area (Å²) < 4.78 is 16.2. The average molecular weight is 489 g/mol. The van der Waals surface area contributed by atoms with Crippen LogP contribution >= 0.6 is 0 Å². The molecule has 3 rings (SSSR count). The molecule has 36 heavy (non-hydrogen) atoms. The molecular weight excluding hydrogens is 466 g/mol. The molecule has 0 saturated heterocycles. The number of carbonyl (C=O) groups excluding carboxylic acids is 3. The topological polar surface area (TPSA) is 129 Å². The number of phenols is 1. The third-order valence-corrected chi connectivity index (χ3v) is 4.95. The van der Waals surface area contributed by atoms with Crippen LogP contribution in [-0.2, 0) is 14.3 Å². The lowest BCUT2D eigenvalue weighted by Crippen LogP contribution is -2.21. The van der Waals surface area contributed by atoms with Crippen LogP contribution in [0.25, 0.3) is 0 Å². The Morgan fingerprint density at radius 1 is 0.944 bits per heavy atom. The van der Waals surface area contributed by atoms with Gasteiger partial charge in [-0.05, 0) is 23.4 Å². The van der Waals surface area contributed by atoms with Crippen molar-refractivity contribution in [3.8, 4) is 11.5 Å². The number of hydrogen-bond donors (Lipinski definition) is 1. The zero-order valence-corrected chi connectivity index (χ0v) is 19.2. The first kappa shape index (κ1) is 25.8. The molecule has 0 bridgehead atoms. The Morgan fingerprint density at radius 3 is 2.19 bits per heavy atom. The van der Waals surface area contributed by atoms with Crippen molar-refractivity contribution in [2.45, 2.75) is 12.5 Å². The molecule has 1 unspecified atom stereocenters. The number of nitrogens with zero attached hydrogens (tertiary/aromatic N) is 1. The normalized spacial score (nSPS) is 11.1. The first-order chi connectivity index (χ1) is 17.4. The second kappa shape index (κ2) is 12.6. The summed E-state index contributed by atoms with van der Waals surface area (Å²) in [6.45, 7) is 3.29. The lowest BCUT2D eigenvalue weighted by Gasteiger charge is -2.21. The molecule has 0 aliphatic rings. The van der Waals surface area contributed by atoms with Gasteiger partial charge >= 0.3 is 11.9 Å². The molecule has 1 atom stereocenters. The van der Waals surface area contributed by atoms with Crippen molar-refractivity contribution >= 4 is 23.4 Å². The van der Waals surface area contributed by atoms with Gasteiger partial charge in [-0.2, -0.15) is 0 Å². The van der Waals surface area contributed by atoms with E-state index in [9.17, 15) is 24.4 Å². The largest absolute Gasteiger partial charge is 0.504 e. The number of aromatic hydroxyl groups is 1. The molecule has 9 nitrogen and oxygen atoms in total. The van der Waals surface area contributed by atoms with E-state index >= 15 is 0 Å². The van der Waals surface area contributed by atoms with Crippen molar-refractivity contribution in [1.82, 2.24) is 0 Å². The zero-order chi connectivity index (χ0) is 25.9. The van der Waals surface area contributed by atoms with Crippen LogP contribution in [-0.4, -0.2) is 36.0 Å². The van der Waals surface area contributed by atoms with Crippen molar-refractivity contribution in [2.75, 3.05) is 13.2 Å². The van der Waals surface area contributed by atoms with Crippen molar-refractivity contribution in [3.63, 3.8) is 0 Å². The molecule has 0 radical (unpaired) electrons. The van der Waals surface area contributed by atoms with Crippen LogP contribution in [0.4, 0.5) is 5.69 Å². The standard InChI is InChI=1S/C27H23NO8/c1-2-23(30)34-14-9-15-35-25-21(16-20(28-33)17-22(25)29)26(24(31)18-10-5-3-6-11-18)36-27(32)19-12-7-4-8-13-19/h2-8,10-13,16-17,26,29H,1,9,14-15H2. The van der Waals surface area contributed by atoms with Gasteiger partial charge in [0.2, 0.25) is 5.78 Å². The van der Waals surface area contributed by atoms with E-state index in [0.29, 0.717) is 0 Å². The third-order valence-electron chi connectivity index (χ3n) is 4.95. The highest BCUT2D eigenvalue weighted by molar-refractivity contribution is 6.02. The second-order valence-electron chi connectivity index (χ2n) is 7.43. The second-order valence-corrected chi connectivity index (χ2v) is 7.43. The fraction of sp³-hybridized carbons (Fsp3) is 0.148. The lowest BCUT2D eigenvalue weighted by molar-refractivity contribution is -0.137. The Hall–Kier alpha value is -4.79. The Labute approximate surface area is 206 Å². The number of esters is 2. The summed E-state index contributed by atoms with van der Waals surface area (Å²) in [6, 6.07) is 18.4. The van der Waals surface area contributed by atoms with E-state index in [4.69, 9.17) is 14.2 Å². The Morgan fingerprint density at radius 2 is 1.58 bits per heavy atom. The van der Waals surface area contributed by atoms with Gasteiger partial charge in [0.25, 0.3) is 0 Å². The minimum atomic E-state index is -1.57. The molecule has 3 aromatic rings. The van der Waals surface area contributed by atoms with E-state index in [1.807, 2.05) is 0 Å². The maximum Gasteiger partial charge on any atom is 0.339 e. The van der Waals surface area contributed by atoms with Crippen LogP contribution in [0.5, 0.6) is 11.5 Å². The van der Waals surface area contributed by atoms with Crippen molar-refractivity contribution < 1.29 is 33.7 Å². The van der Waals surface area contributed by atoms with Crippen LogP contribution in [0.15, 0.2) is 90.6 Å². The molecule has 0 spiro atoms. The van der Waals surface area contributed by atoms with E-state index in [1.54, 1.807) is 48.5 Å². The van der Waals surface area contributed by atoms with Gasteiger partial charge in [-0.15, -0.1) is 4.91 Å². The molecule has 184 valence electrons. The SMILES string of the molecule is C=CC(=O)OCCCOc1c(O)cc(N=O)cc1C(OC(=O)c1ccccc1)C(=O)c1ccccc1. The predicted molar refractivity (Wildman–Crippen MR) is 130 cm³/mol. The van der Waals surface area contributed by atoms with Gasteiger partial charge in [-0.3, -0.25) is 4.79 Å². The van der Waals surface area contributed by atoms with Gasteiger partial charge in [-0.1, -0.05) is 55.1 Å². The van der Waals surface area contributed by atoms with Crippen LogP contribution in [0, 0.1) is 4.91 Å². The number of ether oxygens (including phenoxy) is 3. The minimum Gasteiger partial charge on any atom is -0.504 e. The zero-order valence-electron chi connectivity index (χ0n) is 19.2. The molecule has 1 N–H and O–H groups in total. The smallest absolute Gasteiger partial charge is 0.339 e. The molecule has 0 saturated carbocycles. The van der Waals surface area contributed by atoms with Gasteiger partial charge in [0.05, 0.1) is 18.8 Å². The molecule has 0 amide bonds. The van der Waals surface area contributed by atoms with E-state index in [0.717, 1.165) is 12.1 Å². The number of rotatable bonds is 12. The van der Waals surface area contributed by atoms with Crippen molar-refractivity contribution in [3.05, 3.63) is 107 Å². The number of carbonyl (C=O) groups is 3. The Kier molecular flexibility index (Phi) is 9.05. The Balaban J connectivity index is 1.97. The average Bonchev–Trinajstić information content (AvgIpc) is 2.92. The molecular formula is C27H23NO8. The number of benzene rings is 3. The monoisotopic (exact) mass is 489 g/mol. The number of Topliss-reactive ketones (excluding diaryl/α,β-unsaturated/α-hetero) is 1. The third kappa shape index (κ3) is 6.63. The van der Waals surface area contributed by atoms with Gasteiger partial charge in [0.15, 0.2) is 17.6 Å². The number of hydrogen-bond acceptors (Lipinski definition) is 9. The summed E-state index contributed by atoms with van der Waals surface area (Å²) in [6.07, 6.45) is -0.300. The van der Waals surface area contributed by atoms with Gasteiger partial charge < -0.3 is 19.3 Å². The van der Waals surface area contributed by atoms with Crippen molar-refractivity contribution in [1.29, 1.82) is 0 Å². The first-order valence-corrected chi connectivity index (χ1v) is 10.9. The lowest BCUT2D eigenvalue weighted by atomic mass is 9.97. The highest BCUT2D eigenvalue weighted by atomic mass is 16.6. The highest BCUT2D eigenvalue weighted by Gasteiger charge is 2.31. The van der Waals surface area contributed by atoms with E-state index < -0.39 is 29.6 Å². The summed E-state index contributed by atoms with van der Waals surface area (Å²) in [5, 5.41) is 13.4. The van der Waals surface area contributed by atoms with Gasteiger partial charge in [0, 0.05) is 29.7 Å². The molecule has 0 aliphatic carbocycles. The van der Waals surface area contributed by atoms with Gasteiger partial charge in [-0.25, -0.2) is 9.59 Å². The van der Waals surface area contributed by atoms with Crippen LogP contribution in [0.3, 0.4) is 0 Å². The highest BCUT2D eigenvalue weighted by Crippen LogP contribution is 2.41. The van der Waals surface area contributed by atoms with E-state index in [1.165, 1.54) is 18.2 Å². The number of phenolic OH excluding ortho intramolecular Hbond substituents is 1. The summed E-state index contributed by atoms with van der Waals surface area (Å²) in [5.41, 5.74) is 0.167. The summed E-state index contributed by atoms with van der Waals surface area (Å²) in [4.78, 5) is 48.8. The fourth-order valence-corrected chi connectivity index (χ4v) is 3.25. The van der Waals surface area contributed by atoms with E-state index in [2.05, 4.69) is 11.8 Å². The molecule has 0 fully saturated rings.